The van der Waals surface area contributed by atoms with Crippen LogP contribution < -0.4 is 15.5 Å². The summed E-state index contributed by atoms with van der Waals surface area (Å²) in [5, 5.41) is 7.41. The molecule has 4 rings (SSSR count). The van der Waals surface area contributed by atoms with E-state index in [1.54, 1.807) is 17.7 Å². The maximum Gasteiger partial charge on any atom is 0.239 e. The van der Waals surface area contributed by atoms with Crippen molar-refractivity contribution < 1.29 is 4.79 Å². The van der Waals surface area contributed by atoms with Gasteiger partial charge in [0.1, 0.15) is 17.0 Å². The lowest BCUT2D eigenvalue weighted by Crippen LogP contribution is -2.47. The van der Waals surface area contributed by atoms with Crippen LogP contribution in [0.3, 0.4) is 0 Å². The summed E-state index contributed by atoms with van der Waals surface area (Å²) in [6.45, 7) is 6.90. The van der Waals surface area contributed by atoms with Crippen LogP contribution in [-0.2, 0) is 11.3 Å². The summed E-state index contributed by atoms with van der Waals surface area (Å²) in [5.74, 6) is 0.963. The minimum Gasteiger partial charge on any atom is -0.365 e. The normalized spacial score (nSPS) is 14.5. The van der Waals surface area contributed by atoms with Crippen LogP contribution in [0.5, 0.6) is 0 Å². The smallest absolute Gasteiger partial charge is 0.239 e. The van der Waals surface area contributed by atoms with Gasteiger partial charge in [0.05, 0.1) is 11.9 Å². The molecule has 1 fully saturated rings. The van der Waals surface area contributed by atoms with Crippen LogP contribution in [0.25, 0.3) is 10.2 Å². The zero-order valence-corrected chi connectivity index (χ0v) is 15.7. The first kappa shape index (κ1) is 16.8. The number of aromatic nitrogens is 2. The first-order valence-electron chi connectivity index (χ1n) is 8.67. The van der Waals surface area contributed by atoms with Gasteiger partial charge in [0.15, 0.2) is 0 Å². The zero-order chi connectivity index (χ0) is 18.1. The monoisotopic (exact) mass is 367 g/mol. The number of carbonyl (C=O) groups excluding carboxylic acids is 1. The highest BCUT2D eigenvalue weighted by Crippen LogP contribution is 2.32. The third kappa shape index (κ3) is 3.22. The van der Waals surface area contributed by atoms with Crippen molar-refractivity contribution in [3.63, 3.8) is 0 Å². The molecule has 1 aliphatic rings. The van der Waals surface area contributed by atoms with E-state index in [1.807, 2.05) is 0 Å². The van der Waals surface area contributed by atoms with Crippen LogP contribution in [0.15, 0.2) is 30.6 Å². The van der Waals surface area contributed by atoms with Crippen LogP contribution in [-0.4, -0.2) is 35.5 Å². The molecule has 26 heavy (non-hydrogen) atoms. The Kier molecular flexibility index (Phi) is 4.46. The second-order valence-corrected chi connectivity index (χ2v) is 7.68. The molecule has 0 atom stereocenters. The number of anilines is 2. The molecule has 6 nitrogen and oxygen atoms in total. The minimum absolute atomic E-state index is 0.0798. The van der Waals surface area contributed by atoms with Crippen LogP contribution in [0.2, 0.25) is 0 Å². The number of hydrogen-bond acceptors (Lipinski definition) is 6. The number of nitrogens with one attached hydrogen (secondary N) is 2. The molecule has 0 spiro atoms. The lowest BCUT2D eigenvalue weighted by Gasteiger charge is -2.28. The fourth-order valence-electron chi connectivity index (χ4n) is 3.19. The van der Waals surface area contributed by atoms with E-state index in [-0.39, 0.29) is 5.91 Å². The second-order valence-electron chi connectivity index (χ2n) is 6.48. The average Bonchev–Trinajstić information content (AvgIpc) is 2.95. The fourth-order valence-corrected chi connectivity index (χ4v) is 4.18. The van der Waals surface area contributed by atoms with E-state index in [0.717, 1.165) is 28.3 Å². The van der Waals surface area contributed by atoms with Crippen LogP contribution in [0.1, 0.15) is 16.0 Å². The molecule has 1 saturated heterocycles. The Balaban J connectivity index is 1.48. The van der Waals surface area contributed by atoms with Crippen molar-refractivity contribution in [2.24, 2.45) is 0 Å². The molecular weight excluding hydrogens is 346 g/mol. The number of thiophene rings is 1. The quantitative estimate of drug-likeness (QED) is 0.742. The highest BCUT2D eigenvalue weighted by Gasteiger charge is 2.16. The first-order valence-corrected chi connectivity index (χ1v) is 9.48. The van der Waals surface area contributed by atoms with Gasteiger partial charge in [-0.15, -0.1) is 11.3 Å². The van der Waals surface area contributed by atoms with Gasteiger partial charge in [-0.25, -0.2) is 9.97 Å². The Morgan fingerprint density at radius 2 is 2.04 bits per heavy atom. The van der Waals surface area contributed by atoms with Crippen LogP contribution >= 0.6 is 11.3 Å². The molecule has 1 amide bonds. The fraction of sp³-hybridized carbons (Fsp3) is 0.316. The molecule has 3 aromatic rings. The largest absolute Gasteiger partial charge is 0.365 e. The number of piperazine rings is 1. The van der Waals surface area contributed by atoms with Gasteiger partial charge in [0.2, 0.25) is 5.91 Å². The molecule has 0 saturated carbocycles. The molecule has 0 bridgehead atoms. The van der Waals surface area contributed by atoms with Gasteiger partial charge in [-0.3, -0.25) is 4.79 Å². The van der Waals surface area contributed by atoms with Crippen molar-refractivity contribution in [2.45, 2.75) is 20.4 Å². The Morgan fingerprint density at radius 1 is 1.23 bits per heavy atom. The van der Waals surface area contributed by atoms with E-state index in [2.05, 4.69) is 63.6 Å². The Bertz CT molecular complexity index is 950. The predicted molar refractivity (Wildman–Crippen MR) is 106 cm³/mol. The average molecular weight is 367 g/mol. The lowest BCUT2D eigenvalue weighted by atomic mass is 10.1. The second kappa shape index (κ2) is 6.92. The van der Waals surface area contributed by atoms with E-state index in [4.69, 9.17) is 0 Å². The molecule has 1 aromatic carbocycles. The van der Waals surface area contributed by atoms with Crippen molar-refractivity contribution in [2.75, 3.05) is 29.9 Å². The van der Waals surface area contributed by atoms with Crippen LogP contribution in [0, 0.1) is 13.8 Å². The van der Waals surface area contributed by atoms with Crippen molar-refractivity contribution in [3.05, 3.63) is 46.6 Å². The number of rotatable bonds is 4. The Hall–Kier alpha value is -2.67. The number of amides is 1. The minimum atomic E-state index is 0.0798. The zero-order valence-electron chi connectivity index (χ0n) is 14.9. The first-order chi connectivity index (χ1) is 12.6. The third-order valence-electron chi connectivity index (χ3n) is 4.77. The number of aryl methyl sites for hydroxylation is 2. The topological polar surface area (TPSA) is 70.2 Å². The summed E-state index contributed by atoms with van der Waals surface area (Å²) >= 11 is 1.70. The summed E-state index contributed by atoms with van der Waals surface area (Å²) in [5.41, 5.74) is 3.50. The molecule has 3 heterocycles. The SMILES string of the molecule is Cc1sc2ncnc(NCc3ccc(N4CCNC(=O)C4)cc3)c2c1C. The van der Waals surface area contributed by atoms with Gasteiger partial charge in [-0.05, 0) is 37.1 Å². The van der Waals surface area contributed by atoms with Gasteiger partial charge in [0, 0.05) is 30.2 Å². The van der Waals surface area contributed by atoms with E-state index in [9.17, 15) is 4.79 Å². The van der Waals surface area contributed by atoms with Gasteiger partial charge >= 0.3 is 0 Å². The highest BCUT2D eigenvalue weighted by molar-refractivity contribution is 7.18. The number of carbonyl (C=O) groups is 1. The molecule has 0 radical (unpaired) electrons. The standard InChI is InChI=1S/C19H21N5OS/c1-12-13(2)26-19-17(12)18(22-11-23-19)21-9-14-3-5-15(6-4-14)24-8-7-20-16(25)10-24/h3-6,11H,7-10H2,1-2H3,(H,20,25)(H,21,22,23). The summed E-state index contributed by atoms with van der Waals surface area (Å²) in [6, 6.07) is 8.34. The van der Waals surface area contributed by atoms with Gasteiger partial charge in [-0.1, -0.05) is 12.1 Å². The maximum atomic E-state index is 11.5. The lowest BCUT2D eigenvalue weighted by molar-refractivity contribution is -0.120. The van der Waals surface area contributed by atoms with Crippen molar-refractivity contribution in [1.29, 1.82) is 0 Å². The molecule has 0 aliphatic carbocycles. The van der Waals surface area contributed by atoms with Crippen molar-refractivity contribution in [3.8, 4) is 0 Å². The summed E-state index contributed by atoms with van der Waals surface area (Å²) in [7, 11) is 0. The van der Waals surface area contributed by atoms with E-state index < -0.39 is 0 Å². The molecular formula is C19H21N5OS. The number of hydrogen-bond donors (Lipinski definition) is 2. The van der Waals surface area contributed by atoms with E-state index >= 15 is 0 Å². The molecule has 134 valence electrons. The number of fused-ring (bicyclic) bond motifs is 1. The van der Waals surface area contributed by atoms with Crippen LogP contribution in [0.4, 0.5) is 11.5 Å². The van der Waals surface area contributed by atoms with Gasteiger partial charge < -0.3 is 15.5 Å². The predicted octanol–water partition coefficient (Wildman–Crippen LogP) is 2.86. The van der Waals surface area contributed by atoms with Crippen molar-refractivity contribution >= 4 is 39.0 Å². The maximum absolute atomic E-state index is 11.5. The molecule has 1 aliphatic heterocycles. The Labute approximate surface area is 156 Å². The third-order valence-corrected chi connectivity index (χ3v) is 5.88. The molecule has 2 aromatic heterocycles. The number of benzene rings is 1. The van der Waals surface area contributed by atoms with Crippen molar-refractivity contribution in [1.82, 2.24) is 15.3 Å². The number of nitrogens with zero attached hydrogens (tertiary/aromatic N) is 3. The molecule has 0 unspecified atom stereocenters. The van der Waals surface area contributed by atoms with E-state index in [1.165, 1.54) is 16.0 Å². The highest BCUT2D eigenvalue weighted by atomic mass is 32.1. The van der Waals surface area contributed by atoms with E-state index in [0.29, 0.717) is 19.6 Å². The molecule has 2 N–H and O–H groups in total. The summed E-state index contributed by atoms with van der Waals surface area (Å²) < 4.78 is 0. The summed E-state index contributed by atoms with van der Waals surface area (Å²) in [4.78, 5) is 24.7. The Morgan fingerprint density at radius 3 is 2.81 bits per heavy atom. The van der Waals surface area contributed by atoms with Gasteiger partial charge in [-0.2, -0.15) is 0 Å². The molecule has 7 heteroatoms. The van der Waals surface area contributed by atoms with Gasteiger partial charge in [0.25, 0.3) is 0 Å². The summed E-state index contributed by atoms with van der Waals surface area (Å²) in [6.07, 6.45) is 1.62.